The Labute approximate surface area is 123 Å². The molecule has 1 aliphatic heterocycles. The molecule has 1 amide bonds. The number of nitriles is 1. The first kappa shape index (κ1) is 15.3. The minimum Gasteiger partial charge on any atom is -0.484 e. The van der Waals surface area contributed by atoms with Crippen molar-refractivity contribution >= 4 is 15.7 Å². The van der Waals surface area contributed by atoms with Crippen LogP contribution in [0.2, 0.25) is 0 Å². The summed E-state index contributed by atoms with van der Waals surface area (Å²) in [5, 5.41) is 11.3. The van der Waals surface area contributed by atoms with Crippen LogP contribution in [0.25, 0.3) is 0 Å². The van der Waals surface area contributed by atoms with Gasteiger partial charge in [-0.15, -0.1) is 0 Å². The Morgan fingerprint density at radius 1 is 1.38 bits per heavy atom. The fourth-order valence-electron chi connectivity index (χ4n) is 2.12. The van der Waals surface area contributed by atoms with Crippen LogP contribution in [0, 0.1) is 17.2 Å². The van der Waals surface area contributed by atoms with Crippen LogP contribution in [-0.4, -0.2) is 39.0 Å². The number of carbonyl (C=O) groups excluding carboxylic acids is 1. The van der Waals surface area contributed by atoms with E-state index in [1.165, 1.54) is 0 Å². The highest BCUT2D eigenvalue weighted by Gasteiger charge is 2.27. The van der Waals surface area contributed by atoms with E-state index >= 15 is 0 Å². The van der Waals surface area contributed by atoms with E-state index in [-0.39, 0.29) is 29.9 Å². The molecule has 0 aliphatic carbocycles. The van der Waals surface area contributed by atoms with Crippen molar-refractivity contribution in [3.05, 3.63) is 29.8 Å². The fourth-order valence-corrected chi connectivity index (χ4v) is 3.98. The zero-order valence-electron chi connectivity index (χ0n) is 11.4. The van der Waals surface area contributed by atoms with E-state index in [1.807, 2.05) is 6.07 Å². The average Bonchev–Trinajstić information content (AvgIpc) is 2.83. The number of benzene rings is 1. The highest BCUT2D eigenvalue weighted by atomic mass is 32.2. The van der Waals surface area contributed by atoms with E-state index in [1.54, 1.807) is 24.3 Å². The molecule has 1 atom stereocenters. The number of amides is 1. The highest BCUT2D eigenvalue weighted by molar-refractivity contribution is 7.91. The van der Waals surface area contributed by atoms with Gasteiger partial charge in [-0.1, -0.05) is 0 Å². The van der Waals surface area contributed by atoms with Crippen molar-refractivity contribution in [2.45, 2.75) is 6.42 Å². The standard InChI is InChI=1S/C14H16N2O4S/c15-7-11-1-3-13(4-2-11)20-9-14(17)16-8-12-5-6-21(18,19)10-12/h1-4,12H,5-6,8-10H2,(H,16,17). The normalized spacial score (nSPS) is 19.7. The Morgan fingerprint density at radius 3 is 2.67 bits per heavy atom. The monoisotopic (exact) mass is 308 g/mol. The summed E-state index contributed by atoms with van der Waals surface area (Å²) in [6, 6.07) is 8.45. The van der Waals surface area contributed by atoms with Crippen LogP contribution >= 0.6 is 0 Å². The Bertz CT molecular complexity index is 647. The lowest BCUT2D eigenvalue weighted by atomic mass is 10.1. The van der Waals surface area contributed by atoms with E-state index in [2.05, 4.69) is 5.32 Å². The molecule has 0 aromatic heterocycles. The molecule has 1 aliphatic rings. The van der Waals surface area contributed by atoms with Crippen LogP contribution in [0.15, 0.2) is 24.3 Å². The van der Waals surface area contributed by atoms with Gasteiger partial charge in [-0.25, -0.2) is 8.42 Å². The molecular weight excluding hydrogens is 292 g/mol. The van der Waals surface area contributed by atoms with Gasteiger partial charge in [0.2, 0.25) is 0 Å². The number of hydrogen-bond acceptors (Lipinski definition) is 5. The van der Waals surface area contributed by atoms with Gasteiger partial charge in [-0.3, -0.25) is 4.79 Å². The molecule has 0 spiro atoms. The summed E-state index contributed by atoms with van der Waals surface area (Å²) in [4.78, 5) is 11.6. The van der Waals surface area contributed by atoms with Crippen LogP contribution in [0.4, 0.5) is 0 Å². The smallest absolute Gasteiger partial charge is 0.257 e. The van der Waals surface area contributed by atoms with Crippen LogP contribution < -0.4 is 10.1 Å². The summed E-state index contributed by atoms with van der Waals surface area (Å²) in [5.41, 5.74) is 0.522. The minimum atomic E-state index is -2.91. The minimum absolute atomic E-state index is 0.00568. The molecule has 1 unspecified atom stereocenters. The van der Waals surface area contributed by atoms with Gasteiger partial charge in [0.15, 0.2) is 16.4 Å². The second-order valence-corrected chi connectivity index (χ2v) is 7.23. The zero-order valence-corrected chi connectivity index (χ0v) is 12.2. The molecule has 0 bridgehead atoms. The Kier molecular flexibility index (Phi) is 4.81. The topological polar surface area (TPSA) is 96.3 Å². The number of nitrogens with zero attached hydrogens (tertiary/aromatic N) is 1. The van der Waals surface area contributed by atoms with Crippen molar-refractivity contribution in [2.24, 2.45) is 5.92 Å². The lowest BCUT2D eigenvalue weighted by Gasteiger charge is -2.10. The van der Waals surface area contributed by atoms with E-state index in [9.17, 15) is 13.2 Å². The van der Waals surface area contributed by atoms with Gasteiger partial charge in [0.1, 0.15) is 5.75 Å². The maximum absolute atomic E-state index is 11.6. The Hall–Kier alpha value is -2.07. The summed E-state index contributed by atoms with van der Waals surface area (Å²) in [5.74, 6) is 0.559. The first-order chi connectivity index (χ1) is 9.98. The molecule has 7 heteroatoms. The van der Waals surface area contributed by atoms with Crippen molar-refractivity contribution < 1.29 is 17.9 Å². The van der Waals surface area contributed by atoms with Gasteiger partial charge in [0, 0.05) is 6.54 Å². The SMILES string of the molecule is N#Cc1ccc(OCC(=O)NCC2CCS(=O)(=O)C2)cc1. The summed E-state index contributed by atoms with van der Waals surface area (Å²) in [6.45, 7) is 0.222. The molecule has 0 saturated carbocycles. The summed E-state index contributed by atoms with van der Waals surface area (Å²) < 4.78 is 27.9. The number of nitrogens with one attached hydrogen (secondary N) is 1. The Morgan fingerprint density at radius 2 is 2.10 bits per heavy atom. The highest BCUT2D eigenvalue weighted by Crippen LogP contribution is 2.17. The van der Waals surface area contributed by atoms with Gasteiger partial charge in [-0.2, -0.15) is 5.26 Å². The Balaban J connectivity index is 1.71. The average molecular weight is 308 g/mol. The molecule has 112 valence electrons. The maximum Gasteiger partial charge on any atom is 0.257 e. The zero-order chi connectivity index (χ0) is 15.3. The van der Waals surface area contributed by atoms with Crippen molar-refractivity contribution in [3.63, 3.8) is 0 Å². The van der Waals surface area contributed by atoms with E-state index < -0.39 is 9.84 Å². The molecule has 1 aromatic carbocycles. The van der Waals surface area contributed by atoms with E-state index in [0.29, 0.717) is 24.3 Å². The van der Waals surface area contributed by atoms with Crippen LogP contribution in [-0.2, 0) is 14.6 Å². The van der Waals surface area contributed by atoms with Gasteiger partial charge < -0.3 is 10.1 Å². The molecular formula is C14H16N2O4S. The summed E-state index contributed by atoms with van der Waals surface area (Å²) in [7, 11) is -2.91. The van der Waals surface area contributed by atoms with Crippen LogP contribution in [0.5, 0.6) is 5.75 Å². The second-order valence-electron chi connectivity index (χ2n) is 5.00. The van der Waals surface area contributed by atoms with Gasteiger partial charge in [-0.05, 0) is 36.6 Å². The molecule has 1 aromatic rings. The van der Waals surface area contributed by atoms with E-state index in [4.69, 9.17) is 10.00 Å². The predicted molar refractivity (Wildman–Crippen MR) is 76.4 cm³/mol. The first-order valence-corrected chi connectivity index (χ1v) is 8.41. The van der Waals surface area contributed by atoms with Gasteiger partial charge in [0.25, 0.3) is 5.91 Å². The number of rotatable bonds is 5. The molecule has 1 heterocycles. The molecule has 1 N–H and O–H groups in total. The maximum atomic E-state index is 11.6. The molecule has 0 radical (unpaired) electrons. The molecule has 1 fully saturated rings. The fraction of sp³-hybridized carbons (Fsp3) is 0.429. The second kappa shape index (κ2) is 6.59. The number of hydrogen-bond donors (Lipinski definition) is 1. The van der Waals surface area contributed by atoms with Crippen molar-refractivity contribution in [2.75, 3.05) is 24.7 Å². The van der Waals surface area contributed by atoms with Crippen molar-refractivity contribution in [1.82, 2.24) is 5.32 Å². The van der Waals surface area contributed by atoms with E-state index in [0.717, 1.165) is 0 Å². The predicted octanol–water partition coefficient (Wildman–Crippen LogP) is 0.488. The molecule has 2 rings (SSSR count). The van der Waals surface area contributed by atoms with Gasteiger partial charge in [0.05, 0.1) is 23.1 Å². The summed E-state index contributed by atoms with van der Waals surface area (Å²) >= 11 is 0. The van der Waals surface area contributed by atoms with Gasteiger partial charge >= 0.3 is 0 Å². The third-order valence-electron chi connectivity index (χ3n) is 3.27. The number of carbonyl (C=O) groups is 1. The molecule has 21 heavy (non-hydrogen) atoms. The largest absolute Gasteiger partial charge is 0.484 e. The third kappa shape index (κ3) is 4.76. The quantitative estimate of drug-likeness (QED) is 0.854. The molecule has 6 nitrogen and oxygen atoms in total. The van der Waals surface area contributed by atoms with Crippen LogP contribution in [0.1, 0.15) is 12.0 Å². The van der Waals surface area contributed by atoms with Crippen LogP contribution in [0.3, 0.4) is 0 Å². The lowest BCUT2D eigenvalue weighted by molar-refractivity contribution is -0.123. The number of sulfone groups is 1. The lowest BCUT2D eigenvalue weighted by Crippen LogP contribution is -2.33. The first-order valence-electron chi connectivity index (χ1n) is 6.58. The third-order valence-corrected chi connectivity index (χ3v) is 5.10. The van der Waals surface area contributed by atoms with Crippen molar-refractivity contribution in [3.8, 4) is 11.8 Å². The van der Waals surface area contributed by atoms with Crippen molar-refractivity contribution in [1.29, 1.82) is 5.26 Å². The molecule has 1 saturated heterocycles. The number of ether oxygens (including phenoxy) is 1. The summed E-state index contributed by atoms with van der Waals surface area (Å²) in [6.07, 6.45) is 0.596.